The molecule has 0 fully saturated rings. The summed E-state index contributed by atoms with van der Waals surface area (Å²) in [6.07, 6.45) is 2.63. The molecule has 21 heavy (non-hydrogen) atoms. The van der Waals surface area contributed by atoms with Gasteiger partial charge in [-0.15, -0.1) is 0 Å². The maximum Gasteiger partial charge on any atom is 0.275 e. The molecule has 2 aromatic rings. The lowest BCUT2D eigenvalue weighted by Gasteiger charge is -2.13. The van der Waals surface area contributed by atoms with Gasteiger partial charge in [-0.1, -0.05) is 11.6 Å². The van der Waals surface area contributed by atoms with Gasteiger partial charge in [0, 0.05) is 11.8 Å². The van der Waals surface area contributed by atoms with E-state index in [2.05, 4.69) is 15.3 Å². The molecule has 0 aliphatic heterocycles. The fourth-order valence-corrected chi connectivity index (χ4v) is 1.83. The van der Waals surface area contributed by atoms with Crippen LogP contribution in [-0.2, 0) is 0 Å². The van der Waals surface area contributed by atoms with Crippen LogP contribution < -0.4 is 14.8 Å². The van der Waals surface area contributed by atoms with Gasteiger partial charge in [0.2, 0.25) is 0 Å². The standard InChI is InChI=1S/C14H14ClN3O3/c1-8-4-11(20-2)12(21-3)5-9(8)18-14(19)10-6-17-13(15)7-16-10/h4-7H,1-3H3,(H,18,19). The second kappa shape index (κ2) is 6.41. The number of carbonyl (C=O) groups is 1. The second-order valence-electron chi connectivity index (χ2n) is 4.20. The summed E-state index contributed by atoms with van der Waals surface area (Å²) in [5, 5.41) is 2.98. The molecule has 0 bridgehead atoms. The molecule has 0 aliphatic rings. The van der Waals surface area contributed by atoms with Gasteiger partial charge < -0.3 is 14.8 Å². The van der Waals surface area contributed by atoms with Crippen molar-refractivity contribution in [2.24, 2.45) is 0 Å². The van der Waals surface area contributed by atoms with E-state index in [1.165, 1.54) is 19.5 Å². The number of halogens is 1. The number of nitrogens with zero attached hydrogens (tertiary/aromatic N) is 2. The Hall–Kier alpha value is -2.34. The van der Waals surface area contributed by atoms with Crippen molar-refractivity contribution < 1.29 is 14.3 Å². The van der Waals surface area contributed by atoms with E-state index in [1.54, 1.807) is 19.2 Å². The number of methoxy groups -OCH3 is 2. The van der Waals surface area contributed by atoms with Crippen LogP contribution in [0.15, 0.2) is 24.5 Å². The van der Waals surface area contributed by atoms with Crippen LogP contribution in [0.2, 0.25) is 5.15 Å². The van der Waals surface area contributed by atoms with E-state index in [1.807, 2.05) is 6.92 Å². The minimum absolute atomic E-state index is 0.175. The number of carbonyl (C=O) groups excluding carboxylic acids is 1. The number of aromatic nitrogens is 2. The number of benzene rings is 1. The summed E-state index contributed by atoms with van der Waals surface area (Å²) in [5.74, 6) is 0.745. The summed E-state index contributed by atoms with van der Waals surface area (Å²) in [7, 11) is 3.09. The molecule has 1 N–H and O–H groups in total. The van der Waals surface area contributed by atoms with E-state index < -0.39 is 0 Å². The van der Waals surface area contributed by atoms with Crippen molar-refractivity contribution >= 4 is 23.2 Å². The van der Waals surface area contributed by atoms with E-state index in [9.17, 15) is 4.79 Å². The Morgan fingerprint density at radius 2 is 1.81 bits per heavy atom. The minimum Gasteiger partial charge on any atom is -0.493 e. The quantitative estimate of drug-likeness (QED) is 0.940. The summed E-state index contributed by atoms with van der Waals surface area (Å²) in [4.78, 5) is 19.8. The summed E-state index contributed by atoms with van der Waals surface area (Å²) in [6, 6.07) is 3.47. The van der Waals surface area contributed by atoms with Crippen LogP contribution in [0.1, 0.15) is 16.1 Å². The molecule has 0 spiro atoms. The van der Waals surface area contributed by atoms with Crippen molar-refractivity contribution in [3.05, 3.63) is 40.9 Å². The summed E-state index contributed by atoms with van der Waals surface area (Å²) in [6.45, 7) is 1.85. The van der Waals surface area contributed by atoms with E-state index in [4.69, 9.17) is 21.1 Å². The number of aryl methyl sites for hydroxylation is 1. The molecule has 0 saturated carbocycles. The molecular weight excluding hydrogens is 294 g/mol. The summed E-state index contributed by atoms with van der Waals surface area (Å²) in [5.41, 5.74) is 1.62. The maximum absolute atomic E-state index is 12.1. The fourth-order valence-electron chi connectivity index (χ4n) is 1.73. The molecule has 1 aromatic heterocycles. The summed E-state index contributed by atoms with van der Waals surface area (Å²) >= 11 is 5.64. The molecule has 6 nitrogen and oxygen atoms in total. The van der Waals surface area contributed by atoms with Gasteiger partial charge in [-0.05, 0) is 18.6 Å². The molecule has 2 rings (SSSR count). The van der Waals surface area contributed by atoms with Crippen LogP contribution in [0.3, 0.4) is 0 Å². The SMILES string of the molecule is COc1cc(C)c(NC(=O)c2cnc(Cl)cn2)cc1OC. The van der Waals surface area contributed by atoms with Crippen molar-refractivity contribution in [2.75, 3.05) is 19.5 Å². The highest BCUT2D eigenvalue weighted by Crippen LogP contribution is 2.33. The second-order valence-corrected chi connectivity index (χ2v) is 4.59. The van der Waals surface area contributed by atoms with Crippen molar-refractivity contribution in [1.29, 1.82) is 0 Å². The Labute approximate surface area is 127 Å². The number of anilines is 1. The van der Waals surface area contributed by atoms with Gasteiger partial charge in [-0.25, -0.2) is 9.97 Å². The Morgan fingerprint density at radius 3 is 2.38 bits per heavy atom. The predicted octanol–water partition coefficient (Wildman–Crippen LogP) is 2.71. The van der Waals surface area contributed by atoms with Crippen LogP contribution in [0.5, 0.6) is 11.5 Å². The molecule has 1 heterocycles. The van der Waals surface area contributed by atoms with Crippen LogP contribution in [0, 0.1) is 6.92 Å². The molecule has 0 atom stereocenters. The zero-order chi connectivity index (χ0) is 15.4. The van der Waals surface area contributed by atoms with Crippen LogP contribution in [0.4, 0.5) is 5.69 Å². The Bertz CT molecular complexity index is 659. The smallest absolute Gasteiger partial charge is 0.275 e. The number of rotatable bonds is 4. The molecule has 110 valence electrons. The topological polar surface area (TPSA) is 73.3 Å². The Kier molecular flexibility index (Phi) is 4.59. The first-order valence-electron chi connectivity index (χ1n) is 6.06. The van der Waals surface area contributed by atoms with Gasteiger partial charge in [-0.2, -0.15) is 0 Å². The third-order valence-electron chi connectivity index (χ3n) is 2.83. The van der Waals surface area contributed by atoms with Crippen LogP contribution >= 0.6 is 11.6 Å². The van der Waals surface area contributed by atoms with E-state index in [0.717, 1.165) is 5.56 Å². The van der Waals surface area contributed by atoms with Crippen molar-refractivity contribution in [2.45, 2.75) is 6.92 Å². The molecule has 0 radical (unpaired) electrons. The highest BCUT2D eigenvalue weighted by atomic mass is 35.5. The molecule has 0 saturated heterocycles. The van der Waals surface area contributed by atoms with Gasteiger partial charge in [0.15, 0.2) is 11.5 Å². The first kappa shape index (κ1) is 15.1. The molecule has 0 unspecified atom stereocenters. The normalized spacial score (nSPS) is 10.1. The number of ether oxygens (including phenoxy) is 2. The van der Waals surface area contributed by atoms with E-state index >= 15 is 0 Å². The van der Waals surface area contributed by atoms with Gasteiger partial charge in [0.05, 0.1) is 26.6 Å². The Balaban J connectivity index is 2.26. The largest absolute Gasteiger partial charge is 0.493 e. The molecule has 7 heteroatoms. The van der Waals surface area contributed by atoms with Gasteiger partial charge in [0.25, 0.3) is 5.91 Å². The van der Waals surface area contributed by atoms with Crippen molar-refractivity contribution in [3.63, 3.8) is 0 Å². The first-order chi connectivity index (χ1) is 10.0. The maximum atomic E-state index is 12.1. The molecule has 0 aliphatic carbocycles. The molecule has 1 amide bonds. The number of hydrogen-bond donors (Lipinski definition) is 1. The van der Waals surface area contributed by atoms with Gasteiger partial charge in [-0.3, -0.25) is 4.79 Å². The monoisotopic (exact) mass is 307 g/mol. The summed E-state index contributed by atoms with van der Waals surface area (Å²) < 4.78 is 10.4. The third kappa shape index (κ3) is 3.41. The van der Waals surface area contributed by atoms with Crippen LogP contribution in [0.25, 0.3) is 0 Å². The molecule has 1 aromatic carbocycles. The van der Waals surface area contributed by atoms with Crippen molar-refractivity contribution in [3.8, 4) is 11.5 Å². The molecular formula is C14H14ClN3O3. The van der Waals surface area contributed by atoms with E-state index in [-0.39, 0.29) is 16.8 Å². The van der Waals surface area contributed by atoms with E-state index in [0.29, 0.717) is 17.2 Å². The number of nitrogens with one attached hydrogen (secondary N) is 1. The zero-order valence-electron chi connectivity index (χ0n) is 11.8. The van der Waals surface area contributed by atoms with Gasteiger partial charge >= 0.3 is 0 Å². The predicted molar refractivity (Wildman–Crippen MR) is 79.3 cm³/mol. The zero-order valence-corrected chi connectivity index (χ0v) is 12.6. The fraction of sp³-hybridized carbons (Fsp3) is 0.214. The van der Waals surface area contributed by atoms with Gasteiger partial charge in [0.1, 0.15) is 10.8 Å². The third-order valence-corrected chi connectivity index (χ3v) is 3.03. The average Bonchev–Trinajstić information content (AvgIpc) is 2.49. The lowest BCUT2D eigenvalue weighted by Crippen LogP contribution is -2.15. The highest BCUT2D eigenvalue weighted by Gasteiger charge is 2.13. The minimum atomic E-state index is -0.380. The first-order valence-corrected chi connectivity index (χ1v) is 6.44. The highest BCUT2D eigenvalue weighted by molar-refractivity contribution is 6.29. The number of hydrogen-bond acceptors (Lipinski definition) is 5. The average molecular weight is 308 g/mol. The Morgan fingerprint density at radius 1 is 1.14 bits per heavy atom. The number of amides is 1. The van der Waals surface area contributed by atoms with Crippen LogP contribution in [-0.4, -0.2) is 30.1 Å². The lowest BCUT2D eigenvalue weighted by atomic mass is 10.1. The lowest BCUT2D eigenvalue weighted by molar-refractivity contribution is 0.102. The van der Waals surface area contributed by atoms with Crippen molar-refractivity contribution in [1.82, 2.24) is 9.97 Å².